The summed E-state index contributed by atoms with van der Waals surface area (Å²) in [5, 5.41) is 7.44. The molecule has 0 radical (unpaired) electrons. The first-order valence-corrected chi connectivity index (χ1v) is 19.9. The van der Waals surface area contributed by atoms with Crippen LogP contribution in [0.25, 0.3) is 82.4 Å². The second-order valence-corrected chi connectivity index (χ2v) is 14.9. The van der Waals surface area contributed by atoms with Gasteiger partial charge in [0.05, 0.1) is 22.4 Å². The van der Waals surface area contributed by atoms with E-state index in [1.165, 1.54) is 65.6 Å². The van der Waals surface area contributed by atoms with Crippen molar-refractivity contribution in [2.45, 2.75) is 0 Å². The lowest BCUT2D eigenvalue weighted by atomic mass is 9.97. The zero-order chi connectivity index (χ0) is 38.4. The first-order chi connectivity index (χ1) is 28.8. The van der Waals surface area contributed by atoms with Crippen LogP contribution in [0, 0.1) is 0 Å². The van der Waals surface area contributed by atoms with E-state index >= 15 is 0 Å². The van der Waals surface area contributed by atoms with Crippen LogP contribution in [0.2, 0.25) is 0 Å². The molecule has 0 bridgehead atoms. The van der Waals surface area contributed by atoms with Crippen LogP contribution < -0.4 is 4.90 Å². The summed E-state index contributed by atoms with van der Waals surface area (Å²) in [5.41, 5.74) is 14.0. The van der Waals surface area contributed by atoms with Crippen molar-refractivity contribution in [2.24, 2.45) is 0 Å². The van der Waals surface area contributed by atoms with E-state index in [9.17, 15) is 0 Å². The molecule has 0 aliphatic carbocycles. The molecule has 2 nitrogen and oxygen atoms in total. The lowest BCUT2D eigenvalue weighted by molar-refractivity contribution is 1.18. The zero-order valence-electron chi connectivity index (χ0n) is 31.8. The Balaban J connectivity index is 1.07. The second kappa shape index (κ2) is 14.1. The third-order valence-corrected chi connectivity index (χ3v) is 11.6. The van der Waals surface area contributed by atoms with Crippen molar-refractivity contribution >= 4 is 60.4 Å². The van der Waals surface area contributed by atoms with E-state index in [2.05, 4.69) is 240 Å². The average molecular weight is 739 g/mol. The van der Waals surface area contributed by atoms with E-state index < -0.39 is 0 Å². The molecule has 1 heterocycles. The predicted molar refractivity (Wildman–Crippen MR) is 247 cm³/mol. The number of anilines is 3. The number of hydrogen-bond acceptors (Lipinski definition) is 1. The van der Waals surface area contributed by atoms with Crippen LogP contribution >= 0.6 is 0 Å². The van der Waals surface area contributed by atoms with Crippen LogP contribution in [0.15, 0.2) is 231 Å². The zero-order valence-corrected chi connectivity index (χ0v) is 31.8. The molecule has 0 unspecified atom stereocenters. The highest BCUT2D eigenvalue weighted by molar-refractivity contribution is 6.15. The summed E-state index contributed by atoms with van der Waals surface area (Å²) in [6.45, 7) is 0. The molecule has 0 aliphatic rings. The molecule has 0 fully saturated rings. The number of nitrogens with zero attached hydrogens (tertiary/aromatic N) is 2. The molecule has 0 N–H and O–H groups in total. The summed E-state index contributed by atoms with van der Waals surface area (Å²) < 4.78 is 2.44. The lowest BCUT2D eigenvalue weighted by Crippen LogP contribution is -2.10. The van der Waals surface area contributed by atoms with Gasteiger partial charge in [-0.2, -0.15) is 0 Å². The van der Waals surface area contributed by atoms with Gasteiger partial charge in [0, 0.05) is 33.1 Å². The van der Waals surface area contributed by atoms with Crippen molar-refractivity contribution in [3.05, 3.63) is 231 Å². The first-order valence-electron chi connectivity index (χ1n) is 19.9. The fraction of sp³-hybridized carbons (Fsp3) is 0. The summed E-state index contributed by atoms with van der Waals surface area (Å²) in [6.07, 6.45) is 0. The van der Waals surface area contributed by atoms with Gasteiger partial charge in [0.1, 0.15) is 0 Å². The fourth-order valence-corrected chi connectivity index (χ4v) is 8.82. The Morgan fingerprint density at radius 3 is 1.36 bits per heavy atom. The fourth-order valence-electron chi connectivity index (χ4n) is 8.82. The Kier molecular flexibility index (Phi) is 8.19. The van der Waals surface area contributed by atoms with Gasteiger partial charge in [0.2, 0.25) is 0 Å². The molecule has 1 aromatic heterocycles. The van der Waals surface area contributed by atoms with Gasteiger partial charge in [0.25, 0.3) is 0 Å². The SMILES string of the molecule is c1ccc(-c2ccc(N(c3ccc(-c4ccc(-c5ccccc5)c(-n5c6ccccc6c6ccccc65)c4)cc3)c3cc4ccccc4c4ccccc34)cc2)cc1. The van der Waals surface area contributed by atoms with E-state index in [4.69, 9.17) is 0 Å². The number of aromatic nitrogens is 1. The summed E-state index contributed by atoms with van der Waals surface area (Å²) in [5.74, 6) is 0. The third-order valence-electron chi connectivity index (χ3n) is 11.6. The molecule has 2 heteroatoms. The molecule has 0 amide bonds. The Morgan fingerprint density at radius 1 is 0.293 bits per heavy atom. The minimum atomic E-state index is 1.10. The van der Waals surface area contributed by atoms with E-state index in [0.29, 0.717) is 0 Å². The monoisotopic (exact) mass is 738 g/mol. The minimum Gasteiger partial charge on any atom is -0.310 e. The average Bonchev–Trinajstić information content (AvgIpc) is 3.64. The maximum Gasteiger partial charge on any atom is 0.0546 e. The van der Waals surface area contributed by atoms with Crippen molar-refractivity contribution in [2.75, 3.05) is 4.90 Å². The summed E-state index contributed by atoms with van der Waals surface area (Å²) in [4.78, 5) is 2.41. The normalized spacial score (nSPS) is 11.4. The van der Waals surface area contributed by atoms with Crippen molar-refractivity contribution in [1.29, 1.82) is 0 Å². The highest BCUT2D eigenvalue weighted by Crippen LogP contribution is 2.44. The number of hydrogen-bond donors (Lipinski definition) is 0. The number of benzene rings is 10. The van der Waals surface area contributed by atoms with Gasteiger partial charge < -0.3 is 9.47 Å². The topological polar surface area (TPSA) is 8.17 Å². The lowest BCUT2D eigenvalue weighted by Gasteiger charge is -2.28. The van der Waals surface area contributed by atoms with Crippen LogP contribution in [-0.4, -0.2) is 4.57 Å². The Labute approximate surface area is 338 Å². The largest absolute Gasteiger partial charge is 0.310 e. The molecule has 272 valence electrons. The Bertz CT molecular complexity index is 3200. The van der Waals surface area contributed by atoms with Gasteiger partial charge in [-0.1, -0.05) is 182 Å². The van der Waals surface area contributed by atoms with E-state index in [1.54, 1.807) is 0 Å². The minimum absolute atomic E-state index is 1.10. The number of fused-ring (bicyclic) bond motifs is 6. The first kappa shape index (κ1) is 33.6. The molecule has 58 heavy (non-hydrogen) atoms. The smallest absolute Gasteiger partial charge is 0.0546 e. The highest BCUT2D eigenvalue weighted by atomic mass is 15.1. The van der Waals surface area contributed by atoms with Gasteiger partial charge in [0.15, 0.2) is 0 Å². The number of rotatable bonds is 7. The van der Waals surface area contributed by atoms with E-state index in [1.807, 2.05) is 0 Å². The van der Waals surface area contributed by atoms with Crippen LogP contribution in [0.3, 0.4) is 0 Å². The maximum absolute atomic E-state index is 2.44. The molecule has 0 saturated carbocycles. The number of para-hydroxylation sites is 2. The molecule has 11 aromatic rings. The van der Waals surface area contributed by atoms with Crippen molar-refractivity contribution < 1.29 is 0 Å². The molecule has 10 aromatic carbocycles. The van der Waals surface area contributed by atoms with Crippen molar-refractivity contribution in [3.8, 4) is 39.1 Å². The van der Waals surface area contributed by atoms with Gasteiger partial charge in [-0.15, -0.1) is 0 Å². The molecular weight excluding hydrogens is 701 g/mol. The van der Waals surface area contributed by atoms with Crippen LogP contribution in [0.5, 0.6) is 0 Å². The van der Waals surface area contributed by atoms with E-state index in [0.717, 1.165) is 33.9 Å². The predicted octanol–water partition coefficient (Wildman–Crippen LogP) is 15.6. The van der Waals surface area contributed by atoms with E-state index in [-0.39, 0.29) is 0 Å². The van der Waals surface area contributed by atoms with Crippen LogP contribution in [0.4, 0.5) is 17.1 Å². The molecular formula is C56H38N2. The van der Waals surface area contributed by atoms with Gasteiger partial charge in [-0.3, -0.25) is 0 Å². The van der Waals surface area contributed by atoms with Crippen LogP contribution in [-0.2, 0) is 0 Å². The van der Waals surface area contributed by atoms with Crippen molar-refractivity contribution in [3.63, 3.8) is 0 Å². The quantitative estimate of drug-likeness (QED) is 0.148. The third kappa shape index (κ3) is 5.74. The van der Waals surface area contributed by atoms with Gasteiger partial charge >= 0.3 is 0 Å². The molecule has 11 rings (SSSR count). The highest BCUT2D eigenvalue weighted by Gasteiger charge is 2.19. The van der Waals surface area contributed by atoms with Crippen molar-refractivity contribution in [1.82, 2.24) is 4.57 Å². The standard InChI is InChI=1S/C56H38N2/c1-3-15-39(16-4-1)40-27-32-45(33-28-40)57(56-38-44-19-7-8-20-47(44)49-21-9-10-22-50(49)56)46-34-29-41(30-35-46)43-31-36-48(42-17-5-2-6-18-42)55(37-43)58-53-25-13-11-23-51(53)52-24-12-14-26-54(52)58/h1-38H. The van der Waals surface area contributed by atoms with Crippen LogP contribution in [0.1, 0.15) is 0 Å². The Morgan fingerprint density at radius 2 is 0.741 bits per heavy atom. The summed E-state index contributed by atoms with van der Waals surface area (Å²) in [6, 6.07) is 83.7. The second-order valence-electron chi connectivity index (χ2n) is 14.9. The summed E-state index contributed by atoms with van der Waals surface area (Å²) >= 11 is 0. The molecule has 0 atom stereocenters. The van der Waals surface area contributed by atoms with Gasteiger partial charge in [-0.05, 0) is 92.5 Å². The maximum atomic E-state index is 2.44. The Hall–Kier alpha value is -7.68. The molecule has 0 spiro atoms. The molecule has 0 saturated heterocycles. The summed E-state index contributed by atoms with van der Waals surface area (Å²) in [7, 11) is 0. The molecule has 0 aliphatic heterocycles. The van der Waals surface area contributed by atoms with Gasteiger partial charge in [-0.25, -0.2) is 0 Å².